The summed E-state index contributed by atoms with van der Waals surface area (Å²) in [7, 11) is 0. The molecule has 0 saturated carbocycles. The van der Waals surface area contributed by atoms with Crippen LogP contribution in [0.3, 0.4) is 0 Å². The summed E-state index contributed by atoms with van der Waals surface area (Å²) in [5.41, 5.74) is 5.31. The molecule has 1 atom stereocenters. The van der Waals surface area contributed by atoms with Gasteiger partial charge in [0, 0.05) is 4.75 Å². The Kier molecular flexibility index (Phi) is 2.32. The van der Waals surface area contributed by atoms with E-state index in [1.165, 1.54) is 0 Å². The SMILES string of the molecule is CC(C)(S)C(N)C#N. The lowest BCUT2D eigenvalue weighted by atomic mass is 10.1. The molecule has 8 heavy (non-hydrogen) atoms. The van der Waals surface area contributed by atoms with Gasteiger partial charge in [0.05, 0.1) is 6.07 Å². The molecule has 0 aliphatic rings. The summed E-state index contributed by atoms with van der Waals surface area (Å²) in [5, 5.41) is 8.25. The van der Waals surface area contributed by atoms with E-state index < -0.39 is 6.04 Å². The second kappa shape index (κ2) is 2.38. The summed E-state index contributed by atoms with van der Waals surface area (Å²) in [5.74, 6) is 0. The van der Waals surface area contributed by atoms with Crippen molar-refractivity contribution in [1.82, 2.24) is 0 Å². The lowest BCUT2D eigenvalue weighted by molar-refractivity contribution is 0.638. The molecular weight excluding hydrogens is 120 g/mol. The Morgan fingerprint density at radius 3 is 2.12 bits per heavy atom. The first kappa shape index (κ1) is 7.80. The van der Waals surface area contributed by atoms with E-state index in [4.69, 9.17) is 11.0 Å². The van der Waals surface area contributed by atoms with Gasteiger partial charge in [-0.25, -0.2) is 0 Å². The van der Waals surface area contributed by atoms with E-state index >= 15 is 0 Å². The molecule has 0 aromatic rings. The smallest absolute Gasteiger partial charge is 0.107 e. The molecule has 0 aliphatic heterocycles. The van der Waals surface area contributed by atoms with Gasteiger partial charge in [-0.2, -0.15) is 17.9 Å². The van der Waals surface area contributed by atoms with Gasteiger partial charge in [0.25, 0.3) is 0 Å². The third-order valence-corrected chi connectivity index (χ3v) is 1.18. The topological polar surface area (TPSA) is 49.8 Å². The van der Waals surface area contributed by atoms with Crippen molar-refractivity contribution in [2.24, 2.45) is 5.73 Å². The predicted octanol–water partition coefficient (Wildman–Crippen LogP) is 0.546. The molecule has 0 radical (unpaired) electrons. The molecule has 0 aliphatic carbocycles. The van der Waals surface area contributed by atoms with Crippen LogP contribution in [0.4, 0.5) is 0 Å². The van der Waals surface area contributed by atoms with Gasteiger partial charge in [0.2, 0.25) is 0 Å². The fourth-order valence-electron chi connectivity index (χ4n) is 0.158. The van der Waals surface area contributed by atoms with Crippen LogP contribution in [-0.4, -0.2) is 10.8 Å². The average Bonchev–Trinajstić information content (AvgIpc) is 1.62. The third-order valence-electron chi connectivity index (χ3n) is 0.900. The van der Waals surface area contributed by atoms with Crippen LogP contribution in [0.2, 0.25) is 0 Å². The van der Waals surface area contributed by atoms with Gasteiger partial charge in [-0.15, -0.1) is 0 Å². The van der Waals surface area contributed by atoms with E-state index in [1.54, 1.807) is 0 Å². The number of thiol groups is 1. The molecule has 0 heterocycles. The molecule has 3 heteroatoms. The van der Waals surface area contributed by atoms with Gasteiger partial charge >= 0.3 is 0 Å². The predicted molar refractivity (Wildman–Crippen MR) is 36.7 cm³/mol. The van der Waals surface area contributed by atoms with Crippen LogP contribution in [0.25, 0.3) is 0 Å². The van der Waals surface area contributed by atoms with Crippen molar-refractivity contribution in [2.75, 3.05) is 0 Å². The lowest BCUT2D eigenvalue weighted by Gasteiger charge is -2.18. The molecule has 0 rings (SSSR count). The van der Waals surface area contributed by atoms with Crippen molar-refractivity contribution in [1.29, 1.82) is 5.26 Å². The van der Waals surface area contributed by atoms with Gasteiger partial charge in [-0.3, -0.25) is 0 Å². The van der Waals surface area contributed by atoms with Crippen molar-refractivity contribution in [2.45, 2.75) is 24.6 Å². The van der Waals surface area contributed by atoms with Crippen LogP contribution in [0.1, 0.15) is 13.8 Å². The van der Waals surface area contributed by atoms with E-state index in [0.29, 0.717) is 0 Å². The number of hydrogen-bond donors (Lipinski definition) is 2. The van der Waals surface area contributed by atoms with Crippen LogP contribution in [0, 0.1) is 11.3 Å². The first-order valence-electron chi connectivity index (χ1n) is 2.36. The van der Waals surface area contributed by atoms with E-state index in [1.807, 2.05) is 19.9 Å². The molecule has 0 bridgehead atoms. The number of nitrogens with two attached hydrogens (primary N) is 1. The molecular formula is C5H10N2S. The molecule has 0 aromatic carbocycles. The molecule has 0 aromatic heterocycles. The average molecular weight is 130 g/mol. The summed E-state index contributed by atoms with van der Waals surface area (Å²) in [4.78, 5) is 0. The quantitative estimate of drug-likeness (QED) is 0.509. The number of hydrogen-bond acceptors (Lipinski definition) is 3. The maximum absolute atomic E-state index is 8.25. The summed E-state index contributed by atoms with van der Waals surface area (Å²) in [6, 6.07) is 1.43. The monoisotopic (exact) mass is 130 g/mol. The largest absolute Gasteiger partial charge is 0.315 e. The van der Waals surface area contributed by atoms with E-state index in [-0.39, 0.29) is 4.75 Å². The minimum absolute atomic E-state index is 0.380. The fraction of sp³-hybridized carbons (Fsp3) is 0.800. The van der Waals surface area contributed by atoms with Gasteiger partial charge in [0.15, 0.2) is 0 Å². The summed E-state index contributed by atoms with van der Waals surface area (Å²) < 4.78 is -0.380. The minimum atomic E-state index is -0.481. The molecule has 0 spiro atoms. The number of nitrogens with zero attached hydrogens (tertiary/aromatic N) is 1. The standard InChI is InChI=1S/C5H10N2S/c1-5(2,8)4(7)3-6/h4,8H,7H2,1-2H3. The maximum atomic E-state index is 8.25. The van der Waals surface area contributed by atoms with E-state index in [0.717, 1.165) is 0 Å². The highest BCUT2D eigenvalue weighted by atomic mass is 32.1. The summed E-state index contributed by atoms with van der Waals surface area (Å²) in [6.07, 6.45) is 0. The first-order valence-corrected chi connectivity index (χ1v) is 2.81. The highest BCUT2D eigenvalue weighted by Crippen LogP contribution is 2.14. The summed E-state index contributed by atoms with van der Waals surface area (Å²) >= 11 is 4.08. The second-order valence-corrected chi connectivity index (χ2v) is 3.41. The zero-order chi connectivity index (χ0) is 6.78. The Bertz CT molecular complexity index is 109. The van der Waals surface area contributed by atoms with Crippen molar-refractivity contribution in [3.63, 3.8) is 0 Å². The molecule has 0 saturated heterocycles. The van der Waals surface area contributed by atoms with Crippen molar-refractivity contribution in [3.05, 3.63) is 0 Å². The molecule has 0 fully saturated rings. The maximum Gasteiger partial charge on any atom is 0.107 e. The molecule has 0 amide bonds. The Labute approximate surface area is 55.1 Å². The van der Waals surface area contributed by atoms with Crippen LogP contribution >= 0.6 is 12.6 Å². The first-order chi connectivity index (χ1) is 3.48. The van der Waals surface area contributed by atoms with Crippen molar-refractivity contribution < 1.29 is 0 Å². The van der Waals surface area contributed by atoms with E-state index in [9.17, 15) is 0 Å². The number of nitriles is 1. The molecule has 46 valence electrons. The Morgan fingerprint density at radius 1 is 1.75 bits per heavy atom. The Hall–Kier alpha value is -0.200. The highest BCUT2D eigenvalue weighted by molar-refractivity contribution is 7.81. The van der Waals surface area contributed by atoms with Crippen LogP contribution in [-0.2, 0) is 0 Å². The third kappa shape index (κ3) is 2.20. The molecule has 1 unspecified atom stereocenters. The van der Waals surface area contributed by atoms with Gasteiger partial charge < -0.3 is 5.73 Å². The van der Waals surface area contributed by atoms with Gasteiger partial charge in [0.1, 0.15) is 6.04 Å². The highest BCUT2D eigenvalue weighted by Gasteiger charge is 2.20. The van der Waals surface area contributed by atoms with Crippen molar-refractivity contribution >= 4 is 12.6 Å². The summed E-state index contributed by atoms with van der Waals surface area (Å²) in [6.45, 7) is 3.62. The van der Waals surface area contributed by atoms with Crippen LogP contribution in [0.15, 0.2) is 0 Å². The normalized spacial score (nSPS) is 14.9. The Balaban J connectivity index is 3.87. The fourth-order valence-corrected chi connectivity index (χ4v) is 0.216. The zero-order valence-electron chi connectivity index (χ0n) is 5.05. The van der Waals surface area contributed by atoms with Gasteiger partial charge in [-0.05, 0) is 13.8 Å². The van der Waals surface area contributed by atoms with Crippen molar-refractivity contribution in [3.8, 4) is 6.07 Å². The second-order valence-electron chi connectivity index (χ2n) is 2.26. The van der Waals surface area contributed by atoms with Gasteiger partial charge in [-0.1, -0.05) is 0 Å². The lowest BCUT2D eigenvalue weighted by Crippen LogP contribution is -2.36. The minimum Gasteiger partial charge on any atom is -0.315 e. The molecule has 2 nitrogen and oxygen atoms in total. The molecule has 2 N–H and O–H groups in total. The zero-order valence-corrected chi connectivity index (χ0v) is 5.94. The van der Waals surface area contributed by atoms with Crippen LogP contribution in [0.5, 0.6) is 0 Å². The Morgan fingerprint density at radius 2 is 2.12 bits per heavy atom. The van der Waals surface area contributed by atoms with Crippen LogP contribution < -0.4 is 5.73 Å². The number of rotatable bonds is 1. The van der Waals surface area contributed by atoms with E-state index in [2.05, 4.69) is 12.6 Å².